The quantitative estimate of drug-likeness (QED) is 0.238. The molecule has 5 heteroatoms. The van der Waals surface area contributed by atoms with E-state index >= 15 is 0 Å². The molecule has 0 radical (unpaired) electrons. The van der Waals surface area contributed by atoms with Crippen molar-refractivity contribution in [3.63, 3.8) is 0 Å². The van der Waals surface area contributed by atoms with Gasteiger partial charge < -0.3 is 10.1 Å². The molecule has 0 unspecified atom stereocenters. The van der Waals surface area contributed by atoms with Crippen molar-refractivity contribution in [1.29, 1.82) is 0 Å². The van der Waals surface area contributed by atoms with Crippen molar-refractivity contribution in [3.05, 3.63) is 58.4 Å². The van der Waals surface area contributed by atoms with Crippen LogP contribution in [0.5, 0.6) is 0 Å². The summed E-state index contributed by atoms with van der Waals surface area (Å²) in [6, 6.07) is 4.64. The molecule has 3 nitrogen and oxygen atoms in total. The number of benzene rings is 1. The van der Waals surface area contributed by atoms with Crippen LogP contribution in [0, 0.1) is 11.7 Å². The van der Waals surface area contributed by atoms with Crippen LogP contribution >= 0.6 is 11.6 Å². The zero-order chi connectivity index (χ0) is 20.8. The van der Waals surface area contributed by atoms with Crippen LogP contribution in [0.4, 0.5) is 4.39 Å². The van der Waals surface area contributed by atoms with Crippen molar-refractivity contribution in [2.24, 2.45) is 5.92 Å². The van der Waals surface area contributed by atoms with Gasteiger partial charge in [0.25, 0.3) is 0 Å². The van der Waals surface area contributed by atoms with Gasteiger partial charge in [-0.2, -0.15) is 0 Å². The Morgan fingerprint density at radius 2 is 2.00 bits per heavy atom. The smallest absolute Gasteiger partial charge is 0.244 e. The van der Waals surface area contributed by atoms with Gasteiger partial charge in [0.2, 0.25) is 5.91 Å². The maximum Gasteiger partial charge on any atom is 0.244 e. The van der Waals surface area contributed by atoms with E-state index in [9.17, 15) is 9.18 Å². The SMILES string of the molecule is CC(/C=C/CCCCCCOCc1ccc(Cl)cc1F)=C\C(=O)NCC(C)C. The van der Waals surface area contributed by atoms with Gasteiger partial charge >= 0.3 is 0 Å². The average Bonchev–Trinajstić information content (AvgIpc) is 2.63. The van der Waals surface area contributed by atoms with E-state index in [0.717, 1.165) is 37.7 Å². The second kappa shape index (κ2) is 14.4. The fraction of sp³-hybridized carbons (Fsp3) is 0.522. The third kappa shape index (κ3) is 11.9. The van der Waals surface area contributed by atoms with Gasteiger partial charge in [-0.25, -0.2) is 4.39 Å². The highest BCUT2D eigenvalue weighted by atomic mass is 35.5. The lowest BCUT2D eigenvalue weighted by atomic mass is 10.1. The summed E-state index contributed by atoms with van der Waals surface area (Å²) in [7, 11) is 0. The summed E-state index contributed by atoms with van der Waals surface area (Å²) in [6.07, 6.45) is 11.0. The number of halogens is 2. The van der Waals surface area contributed by atoms with E-state index in [1.54, 1.807) is 18.2 Å². The third-order valence-corrected chi connectivity index (χ3v) is 4.34. The summed E-state index contributed by atoms with van der Waals surface area (Å²) in [6.45, 7) is 7.69. The van der Waals surface area contributed by atoms with Crippen LogP contribution in [-0.4, -0.2) is 19.1 Å². The Hall–Kier alpha value is -1.65. The minimum atomic E-state index is -0.318. The number of nitrogens with one attached hydrogen (secondary N) is 1. The summed E-state index contributed by atoms with van der Waals surface area (Å²) in [5.41, 5.74) is 1.50. The van der Waals surface area contributed by atoms with Gasteiger partial charge in [-0.3, -0.25) is 4.79 Å². The van der Waals surface area contributed by atoms with Crippen LogP contribution < -0.4 is 5.32 Å². The normalized spacial score (nSPS) is 12.1. The number of allylic oxidation sites excluding steroid dienone is 3. The van der Waals surface area contributed by atoms with Gasteiger partial charge in [0.15, 0.2) is 0 Å². The molecule has 0 saturated heterocycles. The lowest BCUT2D eigenvalue weighted by molar-refractivity contribution is -0.116. The molecule has 0 fully saturated rings. The first-order valence-electron chi connectivity index (χ1n) is 10.0. The highest BCUT2D eigenvalue weighted by molar-refractivity contribution is 6.30. The molecule has 0 bridgehead atoms. The van der Waals surface area contributed by atoms with Gasteiger partial charge in [0.05, 0.1) is 6.61 Å². The van der Waals surface area contributed by atoms with Gasteiger partial charge in [-0.05, 0) is 49.8 Å². The number of hydrogen-bond acceptors (Lipinski definition) is 2. The fourth-order valence-corrected chi connectivity index (χ4v) is 2.68. The van der Waals surface area contributed by atoms with Crippen LogP contribution in [-0.2, 0) is 16.1 Å². The molecule has 1 aromatic carbocycles. The minimum absolute atomic E-state index is 0.0330. The monoisotopic (exact) mass is 409 g/mol. The average molecular weight is 410 g/mol. The number of amides is 1. The van der Waals surface area contributed by atoms with Crippen molar-refractivity contribution < 1.29 is 13.9 Å². The Kier molecular flexibility index (Phi) is 12.5. The van der Waals surface area contributed by atoms with E-state index < -0.39 is 0 Å². The highest BCUT2D eigenvalue weighted by Gasteiger charge is 2.02. The number of rotatable bonds is 13. The first kappa shape index (κ1) is 24.4. The van der Waals surface area contributed by atoms with Gasteiger partial charge in [0.1, 0.15) is 5.82 Å². The molecular formula is C23H33ClFNO2. The predicted octanol–water partition coefficient (Wildman–Crippen LogP) is 6.22. The molecule has 0 aliphatic carbocycles. The molecule has 1 N–H and O–H groups in total. The summed E-state index contributed by atoms with van der Waals surface area (Å²) >= 11 is 5.73. The van der Waals surface area contributed by atoms with Crippen molar-refractivity contribution in [2.45, 2.75) is 59.5 Å². The van der Waals surface area contributed by atoms with E-state index in [0.29, 0.717) is 29.7 Å². The molecule has 0 saturated carbocycles. The van der Waals surface area contributed by atoms with Crippen molar-refractivity contribution >= 4 is 17.5 Å². The van der Waals surface area contributed by atoms with Crippen molar-refractivity contribution in [1.82, 2.24) is 5.32 Å². The molecule has 0 aromatic heterocycles. The molecule has 0 atom stereocenters. The molecule has 1 rings (SSSR count). The Bertz CT molecular complexity index is 656. The molecule has 28 heavy (non-hydrogen) atoms. The van der Waals surface area contributed by atoms with E-state index in [4.69, 9.17) is 16.3 Å². The zero-order valence-corrected chi connectivity index (χ0v) is 18.0. The number of carbonyl (C=O) groups is 1. The van der Waals surface area contributed by atoms with E-state index in [2.05, 4.69) is 25.2 Å². The summed E-state index contributed by atoms with van der Waals surface area (Å²) < 4.78 is 19.1. The Balaban J connectivity index is 2.05. The molecule has 1 aromatic rings. The highest BCUT2D eigenvalue weighted by Crippen LogP contribution is 2.15. The summed E-state index contributed by atoms with van der Waals surface area (Å²) in [4.78, 5) is 11.7. The number of unbranched alkanes of at least 4 members (excludes halogenated alkanes) is 4. The number of carbonyl (C=O) groups excluding carboxylic acids is 1. The zero-order valence-electron chi connectivity index (χ0n) is 17.3. The molecule has 0 aliphatic rings. The van der Waals surface area contributed by atoms with Gasteiger partial charge in [0, 0.05) is 29.8 Å². The maximum atomic E-state index is 13.6. The van der Waals surface area contributed by atoms with Gasteiger partial charge in [-0.15, -0.1) is 0 Å². The van der Waals surface area contributed by atoms with Gasteiger partial charge in [-0.1, -0.05) is 56.5 Å². The fourth-order valence-electron chi connectivity index (χ4n) is 2.52. The summed E-state index contributed by atoms with van der Waals surface area (Å²) in [5.74, 6) is 0.104. The van der Waals surface area contributed by atoms with Crippen molar-refractivity contribution in [3.8, 4) is 0 Å². The minimum Gasteiger partial charge on any atom is -0.377 e. The first-order chi connectivity index (χ1) is 13.4. The Labute approximate surface area is 174 Å². The Morgan fingerprint density at radius 1 is 1.25 bits per heavy atom. The van der Waals surface area contributed by atoms with Crippen LogP contribution in [0.25, 0.3) is 0 Å². The largest absolute Gasteiger partial charge is 0.377 e. The molecular weight excluding hydrogens is 377 g/mol. The lowest BCUT2D eigenvalue weighted by Crippen LogP contribution is -2.25. The number of ether oxygens (including phenoxy) is 1. The summed E-state index contributed by atoms with van der Waals surface area (Å²) in [5, 5.41) is 3.27. The molecule has 1 amide bonds. The molecule has 0 aliphatic heterocycles. The van der Waals surface area contributed by atoms with Crippen LogP contribution in [0.2, 0.25) is 5.02 Å². The van der Waals surface area contributed by atoms with E-state index in [1.807, 2.05) is 13.0 Å². The molecule has 156 valence electrons. The van der Waals surface area contributed by atoms with Crippen LogP contribution in [0.1, 0.15) is 58.4 Å². The molecule has 0 spiro atoms. The predicted molar refractivity (Wildman–Crippen MR) is 115 cm³/mol. The Morgan fingerprint density at radius 3 is 2.71 bits per heavy atom. The topological polar surface area (TPSA) is 38.3 Å². The molecule has 0 heterocycles. The van der Waals surface area contributed by atoms with Crippen LogP contribution in [0.15, 0.2) is 42.0 Å². The standard InChI is InChI=1S/C23H33ClFNO2/c1-18(2)16-26-23(27)14-19(3)10-8-6-4-5-7-9-13-28-17-20-11-12-21(24)15-22(20)25/h8,10-12,14-15,18H,4-7,9,13,16-17H2,1-3H3,(H,26,27)/b10-8+,19-14+. The maximum absolute atomic E-state index is 13.6. The third-order valence-electron chi connectivity index (χ3n) is 4.11. The second-order valence-electron chi connectivity index (χ2n) is 7.42. The first-order valence-corrected chi connectivity index (χ1v) is 10.4. The van der Waals surface area contributed by atoms with E-state index in [-0.39, 0.29) is 18.3 Å². The number of hydrogen-bond donors (Lipinski definition) is 1. The lowest BCUT2D eigenvalue weighted by Gasteiger charge is -2.06. The second-order valence-corrected chi connectivity index (χ2v) is 7.86. The van der Waals surface area contributed by atoms with Crippen LogP contribution in [0.3, 0.4) is 0 Å². The van der Waals surface area contributed by atoms with Crippen molar-refractivity contribution in [2.75, 3.05) is 13.2 Å². The van der Waals surface area contributed by atoms with E-state index in [1.165, 1.54) is 6.07 Å².